The maximum atomic E-state index is 11.9. The number of H-pyrrole nitrogens is 1. The van der Waals surface area contributed by atoms with E-state index in [9.17, 15) is 4.79 Å². The molecule has 4 aromatic rings. The fraction of sp³-hybridized carbons (Fsp3) is 0.0909. The highest BCUT2D eigenvalue weighted by Crippen LogP contribution is 2.30. The summed E-state index contributed by atoms with van der Waals surface area (Å²) >= 11 is 0. The van der Waals surface area contributed by atoms with E-state index in [-0.39, 0.29) is 12.5 Å². The second-order valence-electron chi connectivity index (χ2n) is 6.19. The molecule has 3 heterocycles. The van der Waals surface area contributed by atoms with Gasteiger partial charge in [-0.25, -0.2) is 15.0 Å². The molecule has 29 heavy (non-hydrogen) atoms. The maximum Gasteiger partial charge on any atom is 0.300 e. The zero-order valence-corrected chi connectivity index (χ0v) is 15.6. The molecule has 142 valence electrons. The van der Waals surface area contributed by atoms with Gasteiger partial charge in [0.2, 0.25) is 0 Å². The number of rotatable bonds is 4. The Balaban J connectivity index is 1.65. The number of aromatic nitrogens is 4. The highest BCUT2D eigenvalue weighted by Gasteiger charge is 2.10. The van der Waals surface area contributed by atoms with Gasteiger partial charge in [0.25, 0.3) is 5.91 Å². The third-order valence-corrected chi connectivity index (χ3v) is 4.26. The number of methoxy groups -OCH3 is 1. The Morgan fingerprint density at radius 3 is 2.97 bits per heavy atom. The smallest absolute Gasteiger partial charge is 0.300 e. The number of carbonyl (C=O) groups is 1. The Bertz CT molecular complexity index is 1220. The first-order chi connectivity index (χ1) is 14.2. The molecule has 4 rings (SSSR count). The van der Waals surface area contributed by atoms with Crippen molar-refractivity contribution in [2.75, 3.05) is 19.0 Å². The molecule has 3 aromatic heterocycles. The standard InChI is InChI=1S/C22H17N5O2/c1-29-9-3-6-21(28)27-17-5-2-4-15(10-17)16-11-18-19(13-25-22(18)24-12-16)20-7-8-23-14-26-20/h2,4-5,7-8,10-14H,9H2,1H3,(H,24,25)(H,27,28). The van der Waals surface area contributed by atoms with Crippen molar-refractivity contribution in [1.82, 2.24) is 19.9 Å². The number of amides is 1. The van der Waals surface area contributed by atoms with Crippen LogP contribution in [0.5, 0.6) is 0 Å². The normalized spacial score (nSPS) is 10.4. The molecular weight excluding hydrogens is 366 g/mol. The van der Waals surface area contributed by atoms with E-state index in [2.05, 4.69) is 43.2 Å². The molecule has 0 aliphatic rings. The molecule has 0 saturated carbocycles. The predicted molar refractivity (Wildman–Crippen MR) is 111 cm³/mol. The van der Waals surface area contributed by atoms with E-state index in [4.69, 9.17) is 4.74 Å². The lowest BCUT2D eigenvalue weighted by Gasteiger charge is -2.06. The van der Waals surface area contributed by atoms with Gasteiger partial charge in [-0.15, -0.1) is 0 Å². The predicted octanol–water partition coefficient (Wildman–Crippen LogP) is 3.28. The summed E-state index contributed by atoms with van der Waals surface area (Å²) in [5, 5.41) is 3.73. The number of ether oxygens (including phenoxy) is 1. The van der Waals surface area contributed by atoms with E-state index in [1.54, 1.807) is 12.4 Å². The van der Waals surface area contributed by atoms with Crippen molar-refractivity contribution in [2.45, 2.75) is 0 Å². The summed E-state index contributed by atoms with van der Waals surface area (Å²) in [5.41, 5.74) is 5.06. The van der Waals surface area contributed by atoms with Gasteiger partial charge in [-0.05, 0) is 35.7 Å². The van der Waals surface area contributed by atoms with Gasteiger partial charge in [0, 0.05) is 47.9 Å². The number of hydrogen-bond donors (Lipinski definition) is 2. The second kappa shape index (κ2) is 8.33. The van der Waals surface area contributed by atoms with Crippen LogP contribution in [0, 0.1) is 11.8 Å². The quantitative estimate of drug-likeness (QED) is 0.528. The summed E-state index contributed by atoms with van der Waals surface area (Å²) in [6.45, 7) is 0.213. The minimum Gasteiger partial charge on any atom is -0.372 e. The molecule has 0 unspecified atom stereocenters. The molecule has 0 fully saturated rings. The lowest BCUT2D eigenvalue weighted by molar-refractivity contribution is -0.111. The first kappa shape index (κ1) is 18.3. The molecule has 0 aliphatic carbocycles. The molecule has 0 bridgehead atoms. The number of fused-ring (bicyclic) bond motifs is 1. The fourth-order valence-electron chi connectivity index (χ4n) is 2.95. The van der Waals surface area contributed by atoms with E-state index in [0.29, 0.717) is 5.69 Å². The van der Waals surface area contributed by atoms with Gasteiger partial charge in [0.15, 0.2) is 0 Å². The van der Waals surface area contributed by atoms with Crippen LogP contribution in [0.25, 0.3) is 33.4 Å². The van der Waals surface area contributed by atoms with E-state index in [1.807, 2.05) is 36.5 Å². The van der Waals surface area contributed by atoms with Gasteiger partial charge in [-0.2, -0.15) is 0 Å². The fourth-order valence-corrected chi connectivity index (χ4v) is 2.95. The Kier molecular flexibility index (Phi) is 5.27. The average molecular weight is 383 g/mol. The van der Waals surface area contributed by atoms with Crippen LogP contribution in [0.3, 0.4) is 0 Å². The van der Waals surface area contributed by atoms with E-state index >= 15 is 0 Å². The molecular formula is C22H17N5O2. The van der Waals surface area contributed by atoms with Gasteiger partial charge >= 0.3 is 0 Å². The number of nitrogens with one attached hydrogen (secondary N) is 2. The van der Waals surface area contributed by atoms with Crippen molar-refractivity contribution in [3.63, 3.8) is 0 Å². The zero-order valence-electron chi connectivity index (χ0n) is 15.6. The van der Waals surface area contributed by atoms with Crippen molar-refractivity contribution in [1.29, 1.82) is 0 Å². The molecule has 7 heteroatoms. The van der Waals surface area contributed by atoms with Crippen molar-refractivity contribution >= 4 is 22.6 Å². The first-order valence-corrected chi connectivity index (χ1v) is 8.87. The van der Waals surface area contributed by atoms with Crippen molar-refractivity contribution in [3.8, 4) is 34.2 Å². The third-order valence-electron chi connectivity index (χ3n) is 4.26. The monoisotopic (exact) mass is 383 g/mol. The summed E-state index contributed by atoms with van der Waals surface area (Å²) in [7, 11) is 1.53. The average Bonchev–Trinajstić information content (AvgIpc) is 3.18. The maximum absolute atomic E-state index is 11.9. The number of anilines is 1. The third kappa shape index (κ3) is 4.13. The number of hydrogen-bond acceptors (Lipinski definition) is 5. The van der Waals surface area contributed by atoms with Crippen molar-refractivity contribution < 1.29 is 9.53 Å². The summed E-state index contributed by atoms with van der Waals surface area (Å²) in [6, 6.07) is 11.4. The number of aromatic amines is 1. The van der Waals surface area contributed by atoms with Crippen LogP contribution < -0.4 is 5.32 Å². The minimum atomic E-state index is -0.385. The lowest BCUT2D eigenvalue weighted by atomic mass is 10.0. The van der Waals surface area contributed by atoms with Crippen LogP contribution in [0.15, 0.2) is 61.3 Å². The Morgan fingerprint density at radius 1 is 1.21 bits per heavy atom. The van der Waals surface area contributed by atoms with Crippen LogP contribution in [-0.4, -0.2) is 39.6 Å². The molecule has 0 aliphatic heterocycles. The topological polar surface area (TPSA) is 92.8 Å². The zero-order chi connectivity index (χ0) is 20.1. The number of carbonyl (C=O) groups excluding carboxylic acids is 1. The SMILES string of the molecule is COCC#CC(=O)Nc1cccc(-c2cnc3[nH]cc(-c4ccncn4)c3c2)c1. The van der Waals surface area contributed by atoms with Crippen molar-refractivity contribution in [3.05, 3.63) is 61.3 Å². The molecule has 0 atom stereocenters. The summed E-state index contributed by atoms with van der Waals surface area (Å²) in [5.74, 6) is 4.73. The van der Waals surface area contributed by atoms with Crippen LogP contribution >= 0.6 is 0 Å². The molecule has 7 nitrogen and oxygen atoms in total. The summed E-state index contributed by atoms with van der Waals surface area (Å²) < 4.78 is 4.82. The van der Waals surface area contributed by atoms with Crippen molar-refractivity contribution in [2.24, 2.45) is 0 Å². The van der Waals surface area contributed by atoms with E-state index in [1.165, 1.54) is 13.4 Å². The first-order valence-electron chi connectivity index (χ1n) is 8.87. The molecule has 2 N–H and O–H groups in total. The van der Waals surface area contributed by atoms with E-state index in [0.717, 1.165) is 33.4 Å². The van der Waals surface area contributed by atoms with Gasteiger partial charge in [-0.1, -0.05) is 18.1 Å². The Hall–Kier alpha value is -4.02. The van der Waals surface area contributed by atoms with E-state index < -0.39 is 0 Å². The lowest BCUT2D eigenvalue weighted by Crippen LogP contribution is -2.08. The number of pyridine rings is 1. The van der Waals surface area contributed by atoms with Gasteiger partial charge in [-0.3, -0.25) is 4.79 Å². The van der Waals surface area contributed by atoms with Gasteiger partial charge < -0.3 is 15.0 Å². The van der Waals surface area contributed by atoms with Gasteiger partial charge in [0.1, 0.15) is 18.6 Å². The molecule has 0 spiro atoms. The van der Waals surface area contributed by atoms with Crippen LogP contribution in [0.1, 0.15) is 0 Å². The van der Waals surface area contributed by atoms with Crippen LogP contribution in [0.4, 0.5) is 5.69 Å². The molecule has 1 amide bonds. The summed E-state index contributed by atoms with van der Waals surface area (Å²) in [6.07, 6.45) is 6.91. The molecule has 0 saturated heterocycles. The van der Waals surface area contributed by atoms with Crippen LogP contribution in [0.2, 0.25) is 0 Å². The molecule has 0 radical (unpaired) electrons. The Labute approximate surface area is 167 Å². The largest absolute Gasteiger partial charge is 0.372 e. The Morgan fingerprint density at radius 2 is 2.14 bits per heavy atom. The molecule has 1 aromatic carbocycles. The second-order valence-corrected chi connectivity index (χ2v) is 6.19. The minimum absolute atomic E-state index is 0.213. The van der Waals surface area contributed by atoms with Crippen LogP contribution in [-0.2, 0) is 9.53 Å². The number of nitrogens with zero attached hydrogens (tertiary/aromatic N) is 3. The number of benzene rings is 1. The van der Waals surface area contributed by atoms with Gasteiger partial charge in [0.05, 0.1) is 5.69 Å². The summed E-state index contributed by atoms with van der Waals surface area (Å²) in [4.78, 5) is 27.9. The highest BCUT2D eigenvalue weighted by atomic mass is 16.5. The highest BCUT2D eigenvalue weighted by molar-refractivity contribution is 6.04.